The van der Waals surface area contributed by atoms with Crippen molar-refractivity contribution in [3.63, 3.8) is 0 Å². The van der Waals surface area contributed by atoms with Gasteiger partial charge in [-0.2, -0.15) is 0 Å². The number of ether oxygens (including phenoxy) is 1. The number of nitrogens with one attached hydrogen (secondary N) is 1. The third-order valence-electron chi connectivity index (χ3n) is 5.64. The fourth-order valence-corrected chi connectivity index (χ4v) is 4.42. The molecule has 1 saturated heterocycles. The molecule has 2 aliphatic heterocycles. The molecule has 0 aliphatic carbocycles. The van der Waals surface area contributed by atoms with Crippen molar-refractivity contribution in [3.8, 4) is 5.75 Å². The van der Waals surface area contributed by atoms with E-state index in [0.717, 1.165) is 34.3 Å². The first kappa shape index (κ1) is 16.9. The van der Waals surface area contributed by atoms with Crippen LogP contribution in [-0.2, 0) is 21.5 Å². The highest BCUT2D eigenvalue weighted by Crippen LogP contribution is 2.42. The van der Waals surface area contributed by atoms with Gasteiger partial charge in [0.25, 0.3) is 5.91 Å². The minimum Gasteiger partial charge on any atom is -0.497 e. The van der Waals surface area contributed by atoms with Crippen molar-refractivity contribution in [2.24, 2.45) is 5.92 Å². The van der Waals surface area contributed by atoms with E-state index in [-0.39, 0.29) is 18.4 Å². The quantitative estimate of drug-likeness (QED) is 0.919. The summed E-state index contributed by atoms with van der Waals surface area (Å²) >= 11 is 0. The molecule has 0 saturated carbocycles. The fourth-order valence-electron chi connectivity index (χ4n) is 4.42. The number of amides is 2. The SMILES string of the molecule is COc1ccc2[nH]c3c(c2c1)CCN1C(=O)CN(CC(C)C)C(=O)[C@]31C. The highest BCUT2D eigenvalue weighted by atomic mass is 16.5. The van der Waals surface area contributed by atoms with Crippen LogP contribution in [-0.4, -0.2) is 53.3 Å². The van der Waals surface area contributed by atoms with Gasteiger partial charge in [0.15, 0.2) is 5.54 Å². The number of aromatic amines is 1. The number of nitrogens with zero attached hydrogens (tertiary/aromatic N) is 2. The van der Waals surface area contributed by atoms with E-state index in [1.165, 1.54) is 0 Å². The summed E-state index contributed by atoms with van der Waals surface area (Å²) in [5.41, 5.74) is 1.97. The first-order valence-electron chi connectivity index (χ1n) is 9.15. The molecule has 1 fully saturated rings. The third-order valence-corrected chi connectivity index (χ3v) is 5.64. The minimum absolute atomic E-state index is 0.00488. The first-order valence-corrected chi connectivity index (χ1v) is 9.15. The molecule has 4 rings (SSSR count). The molecule has 138 valence electrons. The number of piperazine rings is 1. The molecule has 0 unspecified atom stereocenters. The lowest BCUT2D eigenvalue weighted by molar-refractivity contribution is -0.166. The second-order valence-corrected chi connectivity index (χ2v) is 7.84. The molecule has 0 bridgehead atoms. The van der Waals surface area contributed by atoms with Gasteiger partial charge in [-0.25, -0.2) is 0 Å². The molecular formula is C20H25N3O3. The molecule has 6 nitrogen and oxygen atoms in total. The monoisotopic (exact) mass is 355 g/mol. The standard InChI is InChI=1S/C20H25N3O3/c1-12(2)10-22-11-17(24)23-8-7-14-15-9-13(26-4)5-6-16(15)21-18(14)20(23,3)19(22)25/h5-6,9,12,21H,7-8,10-11H2,1-4H3/t20-/m0/s1. The predicted octanol–water partition coefficient (Wildman–Crippen LogP) is 2.27. The Hall–Kier alpha value is -2.50. The van der Waals surface area contributed by atoms with Crippen molar-refractivity contribution in [2.75, 3.05) is 26.7 Å². The maximum atomic E-state index is 13.4. The van der Waals surface area contributed by atoms with Crippen LogP contribution in [0.3, 0.4) is 0 Å². The Labute approximate surface area is 153 Å². The van der Waals surface area contributed by atoms with Crippen molar-refractivity contribution in [1.29, 1.82) is 0 Å². The third kappa shape index (κ3) is 2.24. The van der Waals surface area contributed by atoms with Gasteiger partial charge in [0.1, 0.15) is 5.75 Å². The van der Waals surface area contributed by atoms with Gasteiger partial charge in [-0.15, -0.1) is 0 Å². The Bertz CT molecular complexity index is 901. The summed E-state index contributed by atoms with van der Waals surface area (Å²) in [5.74, 6) is 1.14. The molecule has 2 aromatic rings. The van der Waals surface area contributed by atoms with Gasteiger partial charge in [0.05, 0.1) is 19.3 Å². The Morgan fingerprint density at radius 1 is 1.31 bits per heavy atom. The second-order valence-electron chi connectivity index (χ2n) is 7.84. The van der Waals surface area contributed by atoms with Gasteiger partial charge in [0.2, 0.25) is 5.91 Å². The van der Waals surface area contributed by atoms with E-state index in [9.17, 15) is 9.59 Å². The second kappa shape index (κ2) is 5.76. The van der Waals surface area contributed by atoms with Crippen molar-refractivity contribution in [2.45, 2.75) is 32.7 Å². The Morgan fingerprint density at radius 2 is 2.08 bits per heavy atom. The summed E-state index contributed by atoms with van der Waals surface area (Å²) in [6.07, 6.45) is 0.737. The lowest BCUT2D eigenvalue weighted by Gasteiger charge is -2.49. The molecule has 0 radical (unpaired) electrons. The molecule has 1 aromatic heterocycles. The summed E-state index contributed by atoms with van der Waals surface area (Å²) in [6, 6.07) is 5.88. The highest BCUT2D eigenvalue weighted by Gasteiger charge is 2.54. The number of methoxy groups -OCH3 is 1. The van der Waals surface area contributed by atoms with E-state index in [0.29, 0.717) is 19.0 Å². The number of hydrogen-bond donors (Lipinski definition) is 1. The minimum atomic E-state index is -0.968. The summed E-state index contributed by atoms with van der Waals surface area (Å²) in [7, 11) is 1.65. The fraction of sp³-hybridized carbons (Fsp3) is 0.500. The normalized spacial score (nSPS) is 22.8. The van der Waals surface area contributed by atoms with Crippen LogP contribution >= 0.6 is 0 Å². The number of benzene rings is 1. The van der Waals surface area contributed by atoms with Crippen molar-refractivity contribution in [1.82, 2.24) is 14.8 Å². The Kier molecular flexibility index (Phi) is 3.75. The molecule has 26 heavy (non-hydrogen) atoms. The largest absolute Gasteiger partial charge is 0.497 e. The predicted molar refractivity (Wildman–Crippen MR) is 99.0 cm³/mol. The number of hydrogen-bond acceptors (Lipinski definition) is 3. The van der Waals surface area contributed by atoms with Crippen molar-refractivity contribution >= 4 is 22.7 Å². The van der Waals surface area contributed by atoms with Crippen molar-refractivity contribution < 1.29 is 14.3 Å². The maximum absolute atomic E-state index is 13.4. The molecular weight excluding hydrogens is 330 g/mol. The van der Waals surface area contributed by atoms with Gasteiger partial charge >= 0.3 is 0 Å². The average molecular weight is 355 g/mol. The summed E-state index contributed by atoms with van der Waals surface area (Å²) in [5, 5.41) is 1.07. The summed E-state index contributed by atoms with van der Waals surface area (Å²) in [6.45, 7) is 7.34. The number of rotatable bonds is 3. The topological polar surface area (TPSA) is 65.6 Å². The van der Waals surface area contributed by atoms with E-state index < -0.39 is 5.54 Å². The summed E-state index contributed by atoms with van der Waals surface area (Å²) in [4.78, 5) is 33.1. The molecule has 2 amide bonds. The summed E-state index contributed by atoms with van der Waals surface area (Å²) < 4.78 is 5.36. The van der Waals surface area contributed by atoms with Gasteiger partial charge < -0.3 is 19.5 Å². The van der Waals surface area contributed by atoms with Gasteiger partial charge in [-0.1, -0.05) is 13.8 Å². The van der Waals surface area contributed by atoms with Gasteiger partial charge in [0, 0.05) is 24.0 Å². The van der Waals surface area contributed by atoms with E-state index >= 15 is 0 Å². The smallest absolute Gasteiger partial charge is 0.254 e. The van der Waals surface area contributed by atoms with E-state index in [1.807, 2.05) is 25.1 Å². The number of carbonyl (C=O) groups excluding carboxylic acids is 2. The number of H-pyrrole nitrogens is 1. The highest BCUT2D eigenvalue weighted by molar-refractivity contribution is 6.00. The Balaban J connectivity index is 1.87. The molecule has 3 heterocycles. The van der Waals surface area contributed by atoms with Crippen LogP contribution in [0.1, 0.15) is 32.0 Å². The lowest BCUT2D eigenvalue weighted by Crippen LogP contribution is -2.67. The number of aromatic nitrogens is 1. The van der Waals surface area contributed by atoms with Crippen LogP contribution < -0.4 is 4.74 Å². The molecule has 6 heteroatoms. The van der Waals surface area contributed by atoms with Crippen LogP contribution in [0.2, 0.25) is 0 Å². The molecule has 1 atom stereocenters. The number of fused-ring (bicyclic) bond motifs is 5. The zero-order valence-corrected chi connectivity index (χ0v) is 15.8. The van der Waals surface area contributed by atoms with Crippen molar-refractivity contribution in [3.05, 3.63) is 29.5 Å². The zero-order valence-electron chi connectivity index (χ0n) is 15.8. The molecule has 0 spiro atoms. The van der Waals surface area contributed by atoms with E-state index in [2.05, 4.69) is 18.8 Å². The van der Waals surface area contributed by atoms with Crippen LogP contribution in [0.25, 0.3) is 10.9 Å². The molecule has 2 aliphatic rings. The molecule has 1 aromatic carbocycles. The maximum Gasteiger partial charge on any atom is 0.254 e. The zero-order chi connectivity index (χ0) is 18.6. The van der Waals surface area contributed by atoms with Crippen LogP contribution in [0.15, 0.2) is 18.2 Å². The number of carbonyl (C=O) groups is 2. The molecule has 1 N–H and O–H groups in total. The van der Waals surface area contributed by atoms with Crippen LogP contribution in [0.4, 0.5) is 0 Å². The average Bonchev–Trinajstić information content (AvgIpc) is 2.98. The van der Waals surface area contributed by atoms with E-state index in [4.69, 9.17) is 4.74 Å². The van der Waals surface area contributed by atoms with Crippen LogP contribution in [0, 0.1) is 5.92 Å². The van der Waals surface area contributed by atoms with Crippen LogP contribution in [0.5, 0.6) is 5.75 Å². The first-order chi connectivity index (χ1) is 12.4. The Morgan fingerprint density at radius 3 is 2.77 bits per heavy atom. The van der Waals surface area contributed by atoms with Gasteiger partial charge in [-0.3, -0.25) is 9.59 Å². The lowest BCUT2D eigenvalue weighted by atomic mass is 9.83. The van der Waals surface area contributed by atoms with E-state index in [1.54, 1.807) is 16.9 Å². The van der Waals surface area contributed by atoms with Gasteiger partial charge in [-0.05, 0) is 43.0 Å².